The number of amides is 1. The first-order valence-electron chi connectivity index (χ1n) is 6.82. The molecule has 0 fully saturated rings. The van der Waals surface area contributed by atoms with Gasteiger partial charge in [0.25, 0.3) is 11.6 Å². The summed E-state index contributed by atoms with van der Waals surface area (Å²) in [5, 5.41) is 34.0. The molecule has 11 heteroatoms. The number of hydrogen-bond donors (Lipinski definition) is 2. The van der Waals surface area contributed by atoms with E-state index in [9.17, 15) is 25.1 Å². The number of fused-ring (bicyclic) bond motifs is 1. The second-order valence-corrected chi connectivity index (χ2v) is 4.92. The van der Waals surface area contributed by atoms with Crippen molar-refractivity contribution < 1.29 is 128 Å². The molecule has 0 aliphatic carbocycles. The number of benzodiazepines with no additional fused rings is 1. The van der Waals surface area contributed by atoms with Gasteiger partial charge in [-0.15, -0.1) is 0 Å². The molecule has 0 bridgehead atoms. The Hall–Kier alpha value is -0.447. The van der Waals surface area contributed by atoms with Gasteiger partial charge in [0, 0.05) is 23.3 Å². The Morgan fingerprint density at radius 2 is 1.74 bits per heavy atom. The normalized spacial score (nSPS) is 13.9. The SMILES string of the molecule is O=C1Nc2ccc([N+](=O)[O-])cc2C(c2ccccc2)=N/C1=C(\[O-])O.[K+].[K+].[OH-]. The molecule has 0 unspecified atom stereocenters. The minimum Gasteiger partial charge on any atom is -0.870 e. The summed E-state index contributed by atoms with van der Waals surface area (Å²) in [6.07, 6.45) is 0. The summed E-state index contributed by atoms with van der Waals surface area (Å²) in [5.41, 5.74) is 0.363. The van der Waals surface area contributed by atoms with Crippen molar-refractivity contribution in [2.24, 2.45) is 4.99 Å². The van der Waals surface area contributed by atoms with E-state index in [1.807, 2.05) is 0 Å². The smallest absolute Gasteiger partial charge is 0.870 e. The Labute approximate surface area is 238 Å². The molecule has 1 aliphatic rings. The average molecular weight is 419 g/mol. The number of rotatable bonds is 2. The summed E-state index contributed by atoms with van der Waals surface area (Å²) in [7, 11) is 0. The van der Waals surface area contributed by atoms with E-state index < -0.39 is 22.5 Å². The molecule has 1 aliphatic heterocycles. The maximum Gasteiger partial charge on any atom is 1.00 e. The molecule has 9 nitrogen and oxygen atoms in total. The predicted molar refractivity (Wildman–Crippen MR) is 85.4 cm³/mol. The summed E-state index contributed by atoms with van der Waals surface area (Å²) in [6.45, 7) is 0. The third kappa shape index (κ3) is 6.01. The zero-order chi connectivity index (χ0) is 17.3. The van der Waals surface area contributed by atoms with Crippen molar-refractivity contribution in [2.45, 2.75) is 0 Å². The second kappa shape index (κ2) is 11.5. The van der Waals surface area contributed by atoms with Crippen molar-refractivity contribution in [3.05, 3.63) is 81.4 Å². The molecule has 2 aromatic carbocycles. The molecule has 1 amide bonds. The Morgan fingerprint density at radius 1 is 1.11 bits per heavy atom. The number of carbonyl (C=O) groups is 1. The predicted octanol–water partition coefficient (Wildman–Crippen LogP) is -4.70. The van der Waals surface area contributed by atoms with Gasteiger partial charge in [0.05, 0.1) is 22.3 Å². The zero-order valence-electron chi connectivity index (χ0n) is 14.5. The minimum absolute atomic E-state index is 0. The zero-order valence-corrected chi connectivity index (χ0v) is 20.8. The fraction of sp³-hybridized carbons (Fsp3) is 0. The molecule has 0 saturated carbocycles. The molecular weight excluding hydrogens is 408 g/mol. The van der Waals surface area contributed by atoms with Crippen molar-refractivity contribution >= 4 is 23.0 Å². The van der Waals surface area contributed by atoms with E-state index in [1.165, 1.54) is 18.2 Å². The van der Waals surface area contributed by atoms with Gasteiger partial charge in [-0.25, -0.2) is 4.99 Å². The monoisotopic (exact) mass is 419 g/mol. The van der Waals surface area contributed by atoms with Crippen molar-refractivity contribution in [3.8, 4) is 0 Å². The maximum atomic E-state index is 12.0. The first-order chi connectivity index (χ1) is 11.5. The van der Waals surface area contributed by atoms with Gasteiger partial charge >= 0.3 is 103 Å². The van der Waals surface area contributed by atoms with Crippen LogP contribution in [0.3, 0.4) is 0 Å². The standard InChI is InChI=1S/C16H11N3O5.2K.H2O/c20-15-14(16(21)22)18-13(9-4-2-1-3-5-9)11-8-10(19(23)24)6-7-12(11)17-15;;;/h1-8,21-22H,(H,17,20);;;1H2/q;2*+1;/p-2. The van der Waals surface area contributed by atoms with Crippen LogP contribution in [0.25, 0.3) is 0 Å². The Balaban J connectivity index is 0.00000225. The number of anilines is 1. The van der Waals surface area contributed by atoms with Crippen LogP contribution in [0.5, 0.6) is 0 Å². The van der Waals surface area contributed by atoms with Crippen LogP contribution in [0.15, 0.2) is 65.2 Å². The van der Waals surface area contributed by atoms with Crippen molar-refractivity contribution in [1.29, 1.82) is 0 Å². The summed E-state index contributed by atoms with van der Waals surface area (Å²) < 4.78 is 0. The molecule has 1 heterocycles. The molecule has 0 spiro atoms. The third-order valence-electron chi connectivity index (χ3n) is 3.41. The maximum absolute atomic E-state index is 12.0. The van der Waals surface area contributed by atoms with E-state index in [-0.39, 0.29) is 131 Å². The number of nitro benzene ring substituents is 1. The summed E-state index contributed by atoms with van der Waals surface area (Å²) >= 11 is 0. The molecule has 0 aromatic heterocycles. The van der Waals surface area contributed by atoms with Gasteiger partial charge in [-0.05, 0) is 6.07 Å². The number of non-ortho nitro benzene ring substituents is 1. The number of aliphatic hydroxyl groups excluding tert-OH is 1. The van der Waals surface area contributed by atoms with Crippen LogP contribution in [0.2, 0.25) is 0 Å². The van der Waals surface area contributed by atoms with Crippen molar-refractivity contribution in [2.75, 3.05) is 5.32 Å². The molecule has 3 rings (SSSR count). The first-order valence-corrected chi connectivity index (χ1v) is 6.82. The molecule has 27 heavy (non-hydrogen) atoms. The molecule has 3 N–H and O–H groups in total. The molecule has 0 atom stereocenters. The molecule has 0 saturated heterocycles. The molecule has 2 aromatic rings. The number of aliphatic hydroxyl groups is 1. The van der Waals surface area contributed by atoms with Crippen LogP contribution in [-0.4, -0.2) is 27.1 Å². The van der Waals surface area contributed by atoms with Gasteiger partial charge in [-0.3, -0.25) is 14.9 Å². The number of nitro groups is 1. The topological polar surface area (TPSA) is 158 Å². The van der Waals surface area contributed by atoms with Gasteiger partial charge in [-0.1, -0.05) is 30.3 Å². The van der Waals surface area contributed by atoms with E-state index >= 15 is 0 Å². The van der Waals surface area contributed by atoms with Crippen molar-refractivity contribution in [1.82, 2.24) is 0 Å². The van der Waals surface area contributed by atoms with Gasteiger partial charge in [0.15, 0.2) is 5.70 Å². The summed E-state index contributed by atoms with van der Waals surface area (Å²) in [6, 6.07) is 12.4. The summed E-state index contributed by atoms with van der Waals surface area (Å²) in [4.78, 5) is 26.5. The van der Waals surface area contributed by atoms with Crippen LogP contribution in [0.1, 0.15) is 11.1 Å². The Kier molecular flexibility index (Phi) is 11.3. The van der Waals surface area contributed by atoms with E-state index in [4.69, 9.17) is 0 Å². The first kappa shape index (κ1) is 26.6. The fourth-order valence-electron chi connectivity index (χ4n) is 2.32. The van der Waals surface area contributed by atoms with Crippen LogP contribution in [0, 0.1) is 10.1 Å². The number of benzene rings is 2. The number of carbonyl (C=O) groups excluding carboxylic acids is 1. The Bertz CT molecular complexity index is 912. The number of aliphatic imine (C=N–C) groups is 1. The molecular formula is C16H11K2N3O6. The molecule has 128 valence electrons. The van der Waals surface area contributed by atoms with Crippen LogP contribution in [0.4, 0.5) is 11.4 Å². The quantitative estimate of drug-likeness (QED) is 0.164. The van der Waals surface area contributed by atoms with Crippen LogP contribution < -0.4 is 113 Å². The van der Waals surface area contributed by atoms with Crippen molar-refractivity contribution in [3.63, 3.8) is 0 Å². The number of hydrogen-bond acceptors (Lipinski definition) is 7. The van der Waals surface area contributed by atoms with E-state index in [0.29, 0.717) is 5.56 Å². The largest absolute Gasteiger partial charge is 1.00 e. The average Bonchev–Trinajstić information content (AvgIpc) is 2.71. The summed E-state index contributed by atoms with van der Waals surface area (Å²) in [5.74, 6) is -2.37. The number of nitrogens with zero attached hydrogens (tertiary/aromatic N) is 2. The number of nitrogens with one attached hydrogen (secondary N) is 1. The minimum atomic E-state index is -1.48. The Morgan fingerprint density at radius 3 is 2.30 bits per heavy atom. The third-order valence-corrected chi connectivity index (χ3v) is 3.41. The van der Waals surface area contributed by atoms with Gasteiger partial charge in [-0.2, -0.15) is 0 Å². The van der Waals surface area contributed by atoms with Crippen LogP contribution >= 0.6 is 0 Å². The fourth-order valence-corrected chi connectivity index (χ4v) is 2.32. The van der Waals surface area contributed by atoms with Crippen LogP contribution in [-0.2, 0) is 4.79 Å². The van der Waals surface area contributed by atoms with Gasteiger partial charge in [0.1, 0.15) is 0 Å². The van der Waals surface area contributed by atoms with E-state index in [0.717, 1.165) is 0 Å². The van der Waals surface area contributed by atoms with E-state index in [2.05, 4.69) is 10.3 Å². The molecule has 0 radical (unpaired) electrons. The van der Waals surface area contributed by atoms with E-state index in [1.54, 1.807) is 30.3 Å². The van der Waals surface area contributed by atoms with Gasteiger partial charge < -0.3 is 21.0 Å². The van der Waals surface area contributed by atoms with Gasteiger partial charge in [0.2, 0.25) is 0 Å². The second-order valence-electron chi connectivity index (χ2n) is 4.92.